The van der Waals surface area contributed by atoms with Gasteiger partial charge in [0.1, 0.15) is 0 Å². The van der Waals surface area contributed by atoms with Crippen molar-refractivity contribution in [3.05, 3.63) is 63.8 Å². The third-order valence-corrected chi connectivity index (χ3v) is 5.14. The molecule has 0 bridgehead atoms. The van der Waals surface area contributed by atoms with Crippen molar-refractivity contribution >= 4 is 34.4 Å². The number of halogens is 3. The Balaban J connectivity index is 2.41. The maximum atomic E-state index is 14.9. The van der Waals surface area contributed by atoms with Crippen LogP contribution in [0.25, 0.3) is 10.9 Å². The van der Waals surface area contributed by atoms with Gasteiger partial charge in [-0.15, -0.1) is 0 Å². The number of hydrogen-bond donors (Lipinski definition) is 2. The van der Waals surface area contributed by atoms with Gasteiger partial charge >= 0.3 is 5.97 Å². The number of rotatable bonds is 5. The molecule has 0 saturated carbocycles. The molecule has 1 aromatic heterocycles. The first-order chi connectivity index (χ1) is 13.7. The molecule has 2 N–H and O–H groups in total. The van der Waals surface area contributed by atoms with Crippen molar-refractivity contribution in [1.29, 1.82) is 0 Å². The number of phenols is 1. The van der Waals surface area contributed by atoms with Crippen LogP contribution in [0.5, 0.6) is 5.75 Å². The van der Waals surface area contributed by atoms with Crippen molar-refractivity contribution in [2.75, 3.05) is 0 Å². The second-order valence-corrected chi connectivity index (χ2v) is 7.18. The Morgan fingerprint density at radius 3 is 2.52 bits per heavy atom. The lowest BCUT2D eigenvalue weighted by atomic mass is 9.92. The standard InChI is InChI=1S/C21H18ClF2NO4/c1-3-5-13(21(28)29)16-10(2)25(20(27)11-6-4-7-12(22)8-11)15-9-14(23)19(26)18(24)17(15)16/h4,6-9,13,26H,3,5H2,1-2H3,(H,28,29). The van der Waals surface area contributed by atoms with Crippen LogP contribution >= 0.6 is 11.6 Å². The number of carbonyl (C=O) groups excluding carboxylic acids is 1. The van der Waals surface area contributed by atoms with Crippen LogP contribution in [0.4, 0.5) is 8.78 Å². The zero-order chi connectivity index (χ0) is 21.5. The van der Waals surface area contributed by atoms with Crippen molar-refractivity contribution in [2.24, 2.45) is 0 Å². The summed E-state index contributed by atoms with van der Waals surface area (Å²) in [5.74, 6) is -6.71. The van der Waals surface area contributed by atoms with Crippen molar-refractivity contribution in [2.45, 2.75) is 32.6 Å². The summed E-state index contributed by atoms with van der Waals surface area (Å²) in [4.78, 5) is 25.0. The second-order valence-electron chi connectivity index (χ2n) is 6.74. The smallest absolute Gasteiger partial charge is 0.311 e. The SMILES string of the molecule is CCCC(C(=O)O)c1c(C)n(C(=O)c2cccc(Cl)c2)c2cc(F)c(O)c(F)c12. The van der Waals surface area contributed by atoms with E-state index in [4.69, 9.17) is 11.6 Å². The summed E-state index contributed by atoms with van der Waals surface area (Å²) < 4.78 is 30.1. The number of aromatic nitrogens is 1. The zero-order valence-corrected chi connectivity index (χ0v) is 16.4. The van der Waals surface area contributed by atoms with Gasteiger partial charge in [0.05, 0.1) is 11.4 Å². The van der Waals surface area contributed by atoms with Crippen LogP contribution in [-0.4, -0.2) is 26.7 Å². The van der Waals surface area contributed by atoms with Crippen LogP contribution in [0.1, 0.15) is 47.3 Å². The van der Waals surface area contributed by atoms with E-state index < -0.39 is 35.2 Å². The third kappa shape index (κ3) is 3.46. The molecule has 0 aliphatic rings. The highest BCUT2D eigenvalue weighted by atomic mass is 35.5. The van der Waals surface area contributed by atoms with E-state index in [0.717, 1.165) is 10.6 Å². The highest BCUT2D eigenvalue weighted by Gasteiger charge is 2.32. The van der Waals surface area contributed by atoms with Gasteiger partial charge in [-0.2, -0.15) is 0 Å². The lowest BCUT2D eigenvalue weighted by Gasteiger charge is -2.13. The number of carboxylic acid groups (broad SMARTS) is 1. The normalized spacial score (nSPS) is 12.3. The van der Waals surface area contributed by atoms with Gasteiger partial charge < -0.3 is 10.2 Å². The van der Waals surface area contributed by atoms with E-state index >= 15 is 0 Å². The maximum absolute atomic E-state index is 14.9. The number of phenolic OH excluding ortho intramolecular Hbond substituents is 1. The summed E-state index contributed by atoms with van der Waals surface area (Å²) in [6.07, 6.45) is 0.665. The summed E-state index contributed by atoms with van der Waals surface area (Å²) in [7, 11) is 0. The summed E-state index contributed by atoms with van der Waals surface area (Å²) in [6.45, 7) is 3.24. The molecule has 2 aromatic carbocycles. The number of fused-ring (bicyclic) bond motifs is 1. The summed E-state index contributed by atoms with van der Waals surface area (Å²) in [5.41, 5.74) is 0.213. The van der Waals surface area contributed by atoms with E-state index in [1.165, 1.54) is 19.1 Å². The fraction of sp³-hybridized carbons (Fsp3) is 0.238. The molecular weight excluding hydrogens is 404 g/mol. The number of aliphatic carboxylic acids is 1. The number of nitrogens with zero attached hydrogens (tertiary/aromatic N) is 1. The van der Waals surface area contributed by atoms with Crippen molar-refractivity contribution in [1.82, 2.24) is 4.57 Å². The molecule has 3 rings (SSSR count). The molecule has 3 aromatic rings. The van der Waals surface area contributed by atoms with E-state index in [9.17, 15) is 28.6 Å². The fourth-order valence-corrected chi connectivity index (χ4v) is 3.82. The van der Waals surface area contributed by atoms with E-state index in [2.05, 4.69) is 0 Å². The highest BCUT2D eigenvalue weighted by molar-refractivity contribution is 6.31. The van der Waals surface area contributed by atoms with E-state index in [0.29, 0.717) is 11.4 Å². The summed E-state index contributed by atoms with van der Waals surface area (Å²) in [5, 5.41) is 19.5. The van der Waals surface area contributed by atoms with Gasteiger partial charge in [0, 0.05) is 27.7 Å². The second kappa shape index (κ2) is 7.83. The zero-order valence-electron chi connectivity index (χ0n) is 15.7. The summed E-state index contributed by atoms with van der Waals surface area (Å²) in [6, 6.07) is 6.86. The first-order valence-corrected chi connectivity index (χ1v) is 9.31. The number of carbonyl (C=O) groups is 2. The molecule has 1 atom stereocenters. The molecule has 0 amide bonds. The highest BCUT2D eigenvalue weighted by Crippen LogP contribution is 2.40. The molecule has 0 aliphatic carbocycles. The molecule has 1 unspecified atom stereocenters. The van der Waals surface area contributed by atoms with Crippen molar-refractivity contribution in [3.63, 3.8) is 0 Å². The molecule has 1 heterocycles. The largest absolute Gasteiger partial charge is 0.503 e. The van der Waals surface area contributed by atoms with Crippen LogP contribution in [0.15, 0.2) is 30.3 Å². The van der Waals surface area contributed by atoms with Gasteiger partial charge in [0.25, 0.3) is 5.91 Å². The molecule has 0 radical (unpaired) electrons. The molecule has 29 heavy (non-hydrogen) atoms. The molecule has 0 saturated heterocycles. The Morgan fingerprint density at radius 1 is 1.24 bits per heavy atom. The predicted octanol–water partition coefficient (Wildman–Crippen LogP) is 5.24. The Morgan fingerprint density at radius 2 is 1.93 bits per heavy atom. The summed E-state index contributed by atoms with van der Waals surface area (Å²) >= 11 is 5.95. The Labute approximate surface area is 170 Å². The first kappa shape index (κ1) is 20.8. The minimum absolute atomic E-state index is 0.0394. The van der Waals surface area contributed by atoms with Gasteiger partial charge in [-0.05, 0) is 37.1 Å². The van der Waals surface area contributed by atoms with Gasteiger partial charge in [0.15, 0.2) is 17.4 Å². The molecule has 0 spiro atoms. The molecule has 152 valence electrons. The average molecular weight is 422 g/mol. The topological polar surface area (TPSA) is 79.5 Å². The van der Waals surface area contributed by atoms with Crippen LogP contribution in [0, 0.1) is 18.6 Å². The van der Waals surface area contributed by atoms with Gasteiger partial charge in [-0.1, -0.05) is 31.0 Å². The lowest BCUT2D eigenvalue weighted by molar-refractivity contribution is -0.139. The van der Waals surface area contributed by atoms with Crippen LogP contribution < -0.4 is 0 Å². The van der Waals surface area contributed by atoms with Crippen molar-refractivity contribution < 1.29 is 28.6 Å². The quantitative estimate of drug-likeness (QED) is 0.590. The minimum Gasteiger partial charge on any atom is -0.503 e. The van der Waals surface area contributed by atoms with E-state index in [1.807, 2.05) is 0 Å². The predicted molar refractivity (Wildman–Crippen MR) is 105 cm³/mol. The molecule has 8 heteroatoms. The van der Waals surface area contributed by atoms with Crippen molar-refractivity contribution in [3.8, 4) is 5.75 Å². The van der Waals surface area contributed by atoms with Crippen LogP contribution in [-0.2, 0) is 4.79 Å². The fourth-order valence-electron chi connectivity index (χ4n) is 3.63. The van der Waals surface area contributed by atoms with Crippen LogP contribution in [0.3, 0.4) is 0 Å². The van der Waals surface area contributed by atoms with Gasteiger partial charge in [-0.25, -0.2) is 8.78 Å². The lowest BCUT2D eigenvalue weighted by Crippen LogP contribution is -2.16. The number of benzene rings is 2. The molecule has 0 aliphatic heterocycles. The first-order valence-electron chi connectivity index (χ1n) is 8.93. The average Bonchev–Trinajstić information content (AvgIpc) is 2.95. The minimum atomic E-state index is -1.29. The monoisotopic (exact) mass is 421 g/mol. The van der Waals surface area contributed by atoms with Crippen LogP contribution in [0.2, 0.25) is 5.02 Å². The Hall–Kier alpha value is -2.93. The van der Waals surface area contributed by atoms with Gasteiger partial charge in [-0.3, -0.25) is 14.2 Å². The molecule has 5 nitrogen and oxygen atoms in total. The third-order valence-electron chi connectivity index (χ3n) is 4.91. The number of hydrogen-bond acceptors (Lipinski definition) is 3. The van der Waals surface area contributed by atoms with E-state index in [1.54, 1.807) is 19.1 Å². The number of aromatic hydroxyl groups is 1. The van der Waals surface area contributed by atoms with Gasteiger partial charge in [0.2, 0.25) is 0 Å². The Bertz CT molecular complexity index is 1140. The van der Waals surface area contributed by atoms with E-state index in [-0.39, 0.29) is 34.1 Å². The molecule has 0 fully saturated rings. The Kier molecular flexibility index (Phi) is 5.61. The number of carboxylic acids is 1. The molecular formula is C21H18ClF2NO4. The maximum Gasteiger partial charge on any atom is 0.311 e.